The van der Waals surface area contributed by atoms with Gasteiger partial charge in [0.15, 0.2) is 5.96 Å². The number of aryl methyl sites for hydroxylation is 3. The first-order valence-corrected chi connectivity index (χ1v) is 9.14. The van der Waals surface area contributed by atoms with Gasteiger partial charge in [-0.2, -0.15) is 5.10 Å². The number of aromatic nitrogens is 2. The maximum absolute atomic E-state index is 4.50. The summed E-state index contributed by atoms with van der Waals surface area (Å²) in [5, 5.41) is 11.4. The highest BCUT2D eigenvalue weighted by atomic mass is 127. The molecule has 1 aromatic heterocycles. The lowest BCUT2D eigenvalue weighted by Gasteiger charge is -2.19. The van der Waals surface area contributed by atoms with Crippen molar-refractivity contribution in [3.05, 3.63) is 53.3 Å². The number of halogens is 1. The Balaban J connectivity index is 0.00000243. The molecule has 0 amide bonds. The Morgan fingerprint density at radius 3 is 2.50 bits per heavy atom. The SMILES string of the molecule is CN=C(NCCCn1nc(C)cc1C)NCC1(c2ccccc2)CC1.I. The van der Waals surface area contributed by atoms with Crippen LogP contribution in [-0.4, -0.2) is 35.9 Å². The van der Waals surface area contributed by atoms with Gasteiger partial charge in [0.25, 0.3) is 0 Å². The van der Waals surface area contributed by atoms with Gasteiger partial charge in [-0.05, 0) is 44.7 Å². The van der Waals surface area contributed by atoms with Crippen molar-refractivity contribution in [3.63, 3.8) is 0 Å². The smallest absolute Gasteiger partial charge is 0.191 e. The molecule has 1 saturated carbocycles. The van der Waals surface area contributed by atoms with Crippen molar-refractivity contribution >= 4 is 29.9 Å². The van der Waals surface area contributed by atoms with Crippen molar-refractivity contribution in [1.82, 2.24) is 20.4 Å². The minimum Gasteiger partial charge on any atom is -0.356 e. The van der Waals surface area contributed by atoms with Gasteiger partial charge in [0.1, 0.15) is 0 Å². The summed E-state index contributed by atoms with van der Waals surface area (Å²) in [5.41, 5.74) is 4.03. The average Bonchev–Trinajstić information content (AvgIpc) is 3.35. The molecule has 1 heterocycles. The Kier molecular flexibility index (Phi) is 7.49. The highest BCUT2D eigenvalue weighted by Crippen LogP contribution is 2.47. The van der Waals surface area contributed by atoms with Gasteiger partial charge in [-0.1, -0.05) is 30.3 Å². The van der Waals surface area contributed by atoms with E-state index in [1.165, 1.54) is 24.1 Å². The van der Waals surface area contributed by atoms with E-state index in [0.29, 0.717) is 5.41 Å². The number of guanidine groups is 1. The van der Waals surface area contributed by atoms with Gasteiger partial charge in [-0.15, -0.1) is 24.0 Å². The number of hydrogen-bond donors (Lipinski definition) is 2. The van der Waals surface area contributed by atoms with E-state index in [4.69, 9.17) is 0 Å². The van der Waals surface area contributed by atoms with Crippen LogP contribution in [-0.2, 0) is 12.0 Å². The van der Waals surface area contributed by atoms with Gasteiger partial charge >= 0.3 is 0 Å². The second-order valence-corrected chi connectivity index (χ2v) is 7.00. The first-order valence-electron chi connectivity index (χ1n) is 9.14. The van der Waals surface area contributed by atoms with Crippen LogP contribution in [0.15, 0.2) is 41.4 Å². The molecule has 1 aliphatic carbocycles. The molecular formula is C20H30IN5. The molecule has 5 nitrogen and oxygen atoms in total. The fourth-order valence-electron chi connectivity index (χ4n) is 3.32. The van der Waals surface area contributed by atoms with Crippen LogP contribution in [0.1, 0.15) is 36.2 Å². The molecule has 3 rings (SSSR count). The monoisotopic (exact) mass is 467 g/mol. The third-order valence-corrected chi connectivity index (χ3v) is 5.00. The van der Waals surface area contributed by atoms with E-state index in [9.17, 15) is 0 Å². The van der Waals surface area contributed by atoms with Gasteiger partial charge in [0.2, 0.25) is 0 Å². The molecule has 0 aliphatic heterocycles. The Morgan fingerprint density at radius 1 is 1.19 bits per heavy atom. The Labute approximate surface area is 173 Å². The molecular weight excluding hydrogens is 437 g/mol. The summed E-state index contributed by atoms with van der Waals surface area (Å²) >= 11 is 0. The summed E-state index contributed by atoms with van der Waals surface area (Å²) in [5.74, 6) is 0.885. The number of nitrogens with one attached hydrogen (secondary N) is 2. The Hall–Kier alpha value is -1.57. The topological polar surface area (TPSA) is 54.2 Å². The van der Waals surface area contributed by atoms with Crippen molar-refractivity contribution in [2.24, 2.45) is 4.99 Å². The van der Waals surface area contributed by atoms with Crippen molar-refractivity contribution in [3.8, 4) is 0 Å². The molecule has 0 bridgehead atoms. The fourth-order valence-corrected chi connectivity index (χ4v) is 3.32. The van der Waals surface area contributed by atoms with E-state index < -0.39 is 0 Å². The van der Waals surface area contributed by atoms with E-state index in [-0.39, 0.29) is 24.0 Å². The molecule has 26 heavy (non-hydrogen) atoms. The van der Waals surface area contributed by atoms with Gasteiger partial charge in [0.05, 0.1) is 5.69 Å². The van der Waals surface area contributed by atoms with Gasteiger partial charge in [-0.25, -0.2) is 0 Å². The number of aliphatic imine (C=N–C) groups is 1. The van der Waals surface area contributed by atoms with Crippen LogP contribution in [0.25, 0.3) is 0 Å². The Morgan fingerprint density at radius 2 is 1.92 bits per heavy atom. The van der Waals surface area contributed by atoms with E-state index in [1.807, 2.05) is 14.0 Å². The number of nitrogens with zero attached hydrogens (tertiary/aromatic N) is 3. The van der Waals surface area contributed by atoms with Crippen molar-refractivity contribution in [2.75, 3.05) is 20.1 Å². The molecule has 142 valence electrons. The molecule has 0 spiro atoms. The number of benzene rings is 1. The van der Waals surface area contributed by atoms with E-state index in [1.54, 1.807) is 0 Å². The summed E-state index contributed by atoms with van der Waals surface area (Å²) in [6.07, 6.45) is 3.52. The van der Waals surface area contributed by atoms with E-state index >= 15 is 0 Å². The third-order valence-electron chi connectivity index (χ3n) is 5.00. The quantitative estimate of drug-likeness (QED) is 0.284. The predicted molar refractivity (Wildman–Crippen MR) is 118 cm³/mol. The minimum atomic E-state index is 0. The largest absolute Gasteiger partial charge is 0.356 e. The van der Waals surface area contributed by atoms with Crippen LogP contribution in [0.4, 0.5) is 0 Å². The standard InChI is InChI=1S/C20H29N5.HI/c1-16-14-17(2)25(24-16)13-7-12-22-19(21-3)23-15-20(10-11-20)18-8-5-4-6-9-18;/h4-6,8-9,14H,7,10-13,15H2,1-3H3,(H2,21,22,23);1H. The molecule has 0 unspecified atom stereocenters. The zero-order chi connectivity index (χ0) is 17.7. The molecule has 0 saturated heterocycles. The Bertz CT molecular complexity index is 719. The normalized spacial score (nSPS) is 15.3. The van der Waals surface area contributed by atoms with Crippen molar-refractivity contribution in [1.29, 1.82) is 0 Å². The predicted octanol–water partition coefficient (Wildman–Crippen LogP) is 3.40. The lowest BCUT2D eigenvalue weighted by molar-refractivity contribution is 0.553. The maximum atomic E-state index is 4.50. The summed E-state index contributed by atoms with van der Waals surface area (Å²) in [6.45, 7) is 6.89. The fraction of sp³-hybridized carbons (Fsp3) is 0.500. The minimum absolute atomic E-state index is 0. The summed E-state index contributed by atoms with van der Waals surface area (Å²) < 4.78 is 2.07. The zero-order valence-corrected chi connectivity index (χ0v) is 18.3. The number of hydrogen-bond acceptors (Lipinski definition) is 2. The highest BCUT2D eigenvalue weighted by molar-refractivity contribution is 14.0. The van der Waals surface area contributed by atoms with Gasteiger partial charge in [-0.3, -0.25) is 9.67 Å². The van der Waals surface area contributed by atoms with Crippen LogP contribution in [0.5, 0.6) is 0 Å². The molecule has 2 aromatic rings. The molecule has 2 N–H and O–H groups in total. The van der Waals surface area contributed by atoms with Gasteiger partial charge in [0, 0.05) is 37.8 Å². The second-order valence-electron chi connectivity index (χ2n) is 7.00. The third kappa shape index (κ3) is 5.22. The van der Waals surface area contributed by atoms with E-state index in [2.05, 4.69) is 68.7 Å². The van der Waals surface area contributed by atoms with E-state index in [0.717, 1.165) is 37.7 Å². The lowest BCUT2D eigenvalue weighted by Crippen LogP contribution is -2.41. The van der Waals surface area contributed by atoms with Crippen molar-refractivity contribution in [2.45, 2.75) is 45.1 Å². The summed E-state index contributed by atoms with van der Waals surface area (Å²) in [6, 6.07) is 12.9. The summed E-state index contributed by atoms with van der Waals surface area (Å²) in [7, 11) is 1.83. The maximum Gasteiger partial charge on any atom is 0.191 e. The van der Waals surface area contributed by atoms with Crippen LogP contribution in [0, 0.1) is 13.8 Å². The molecule has 0 radical (unpaired) electrons. The highest BCUT2D eigenvalue weighted by Gasteiger charge is 2.43. The molecule has 6 heteroatoms. The molecule has 1 fully saturated rings. The average molecular weight is 467 g/mol. The molecule has 0 atom stereocenters. The summed E-state index contributed by atoms with van der Waals surface area (Å²) in [4.78, 5) is 4.35. The first-order chi connectivity index (χ1) is 12.1. The van der Waals surface area contributed by atoms with Crippen LogP contribution in [0.2, 0.25) is 0 Å². The molecule has 1 aromatic carbocycles. The zero-order valence-electron chi connectivity index (χ0n) is 16.0. The van der Waals surface area contributed by atoms with Crippen LogP contribution < -0.4 is 10.6 Å². The van der Waals surface area contributed by atoms with Crippen LogP contribution in [0.3, 0.4) is 0 Å². The lowest BCUT2D eigenvalue weighted by atomic mass is 9.96. The second kappa shape index (κ2) is 9.39. The van der Waals surface area contributed by atoms with Crippen LogP contribution >= 0.6 is 24.0 Å². The molecule has 1 aliphatic rings. The first kappa shape index (κ1) is 20.7. The van der Waals surface area contributed by atoms with Crippen molar-refractivity contribution < 1.29 is 0 Å². The number of rotatable bonds is 7. The van der Waals surface area contributed by atoms with Gasteiger partial charge < -0.3 is 10.6 Å².